The summed E-state index contributed by atoms with van der Waals surface area (Å²) in [4.78, 5) is 43.0. The number of hydroxylamine groups is 2. The Labute approximate surface area is 245 Å². The molecular formula is C31H35N9O2. The van der Waals surface area contributed by atoms with Crippen LogP contribution in [0.5, 0.6) is 0 Å². The van der Waals surface area contributed by atoms with E-state index in [1.54, 1.807) is 24.5 Å². The van der Waals surface area contributed by atoms with Crippen LogP contribution in [0, 0.1) is 12.8 Å². The van der Waals surface area contributed by atoms with Gasteiger partial charge in [0, 0.05) is 55.6 Å². The molecule has 2 aliphatic heterocycles. The number of hydrogen-bond acceptors (Lipinski definition) is 11. The van der Waals surface area contributed by atoms with E-state index in [0.29, 0.717) is 29.1 Å². The summed E-state index contributed by atoms with van der Waals surface area (Å²) in [6.45, 7) is 5.30. The first-order chi connectivity index (χ1) is 20.6. The molecule has 5 heterocycles. The van der Waals surface area contributed by atoms with Crippen LogP contribution in [0.1, 0.15) is 37.8 Å². The summed E-state index contributed by atoms with van der Waals surface area (Å²) >= 11 is 0. The van der Waals surface area contributed by atoms with Crippen molar-refractivity contribution in [2.24, 2.45) is 5.92 Å². The maximum atomic E-state index is 12.6. The number of carbonyl (C=O) groups is 1. The summed E-state index contributed by atoms with van der Waals surface area (Å²) in [5.41, 5.74) is 3.63. The van der Waals surface area contributed by atoms with E-state index in [2.05, 4.69) is 52.6 Å². The Morgan fingerprint density at radius 1 is 0.810 bits per heavy atom. The number of nitrogens with one attached hydrogen (secondary N) is 2. The molecule has 2 fully saturated rings. The minimum Gasteiger partial charge on any atom is -0.371 e. The number of nitrogens with zero attached hydrogens (tertiary/aromatic N) is 7. The average molecular weight is 566 g/mol. The van der Waals surface area contributed by atoms with Crippen LogP contribution in [0.2, 0.25) is 0 Å². The van der Waals surface area contributed by atoms with Crippen LogP contribution in [0.15, 0.2) is 67.0 Å². The lowest BCUT2D eigenvalue weighted by Crippen LogP contribution is -2.40. The SMILES string of the molecule is Cc1cccc(-c2nccc(Nc3ccnc(Nc4ccc(N5CCC(C(=O)ON6CCCCC6)CC5)cc4)n3)n2)n1. The van der Waals surface area contributed by atoms with E-state index in [1.807, 2.05) is 42.3 Å². The fraction of sp³-hybridized carbons (Fsp3) is 0.355. The monoisotopic (exact) mass is 565 g/mol. The molecule has 6 rings (SSSR count). The Hall–Kier alpha value is -4.64. The molecule has 4 aromatic rings. The predicted molar refractivity (Wildman–Crippen MR) is 161 cm³/mol. The first-order valence-electron chi connectivity index (χ1n) is 14.5. The smallest absolute Gasteiger partial charge is 0.328 e. The van der Waals surface area contributed by atoms with Gasteiger partial charge in [0.05, 0.1) is 5.92 Å². The van der Waals surface area contributed by atoms with Crippen LogP contribution in [-0.4, -0.2) is 62.1 Å². The number of aryl methyl sites for hydroxylation is 1. The molecule has 0 saturated carbocycles. The number of rotatable bonds is 8. The molecular weight excluding hydrogens is 530 g/mol. The standard InChI is InChI=1S/C31H35N9O2/c1-22-6-5-7-26(34-22)29-32-16-12-27(37-29)36-28-13-17-33-31(38-28)35-24-8-10-25(11-9-24)39-20-14-23(15-21-39)30(41)42-40-18-3-2-4-19-40/h5-13,16-17,23H,2-4,14-15,18-21H2,1H3,(H2,32,33,35,36,37,38). The molecule has 0 radical (unpaired) electrons. The van der Waals surface area contributed by atoms with E-state index >= 15 is 0 Å². The second-order valence-electron chi connectivity index (χ2n) is 10.7. The molecule has 0 spiro atoms. The van der Waals surface area contributed by atoms with Gasteiger partial charge in [0.15, 0.2) is 5.82 Å². The Balaban J connectivity index is 1.02. The van der Waals surface area contributed by atoms with Gasteiger partial charge in [-0.05, 0) is 81.1 Å². The maximum Gasteiger partial charge on any atom is 0.328 e. The summed E-state index contributed by atoms with van der Waals surface area (Å²) in [6.07, 6.45) is 8.40. The van der Waals surface area contributed by atoms with Crippen molar-refractivity contribution in [3.05, 3.63) is 72.7 Å². The highest BCUT2D eigenvalue weighted by atomic mass is 16.7. The molecule has 0 aliphatic carbocycles. The fourth-order valence-electron chi connectivity index (χ4n) is 5.26. The summed E-state index contributed by atoms with van der Waals surface area (Å²) in [7, 11) is 0. The third-order valence-corrected chi connectivity index (χ3v) is 7.54. The van der Waals surface area contributed by atoms with Crippen molar-refractivity contribution in [3.63, 3.8) is 0 Å². The Kier molecular flexibility index (Phi) is 8.46. The second-order valence-corrected chi connectivity index (χ2v) is 10.7. The molecule has 42 heavy (non-hydrogen) atoms. The molecule has 2 N–H and O–H groups in total. The van der Waals surface area contributed by atoms with Crippen LogP contribution >= 0.6 is 0 Å². The number of aromatic nitrogens is 5. The van der Waals surface area contributed by atoms with Gasteiger partial charge < -0.3 is 20.4 Å². The molecule has 11 heteroatoms. The minimum atomic E-state index is -0.0729. The molecule has 3 aromatic heterocycles. The van der Waals surface area contributed by atoms with Gasteiger partial charge in [-0.15, -0.1) is 5.06 Å². The van der Waals surface area contributed by atoms with Crippen molar-refractivity contribution in [1.82, 2.24) is 30.0 Å². The van der Waals surface area contributed by atoms with Crippen molar-refractivity contribution < 1.29 is 9.63 Å². The van der Waals surface area contributed by atoms with Gasteiger partial charge in [0.25, 0.3) is 0 Å². The van der Waals surface area contributed by atoms with E-state index in [9.17, 15) is 4.79 Å². The molecule has 2 saturated heterocycles. The van der Waals surface area contributed by atoms with E-state index in [1.165, 1.54) is 6.42 Å². The number of hydrogen-bond donors (Lipinski definition) is 2. The lowest BCUT2D eigenvalue weighted by molar-refractivity contribution is -0.200. The van der Waals surface area contributed by atoms with E-state index < -0.39 is 0 Å². The van der Waals surface area contributed by atoms with Gasteiger partial charge in [-0.2, -0.15) is 4.98 Å². The number of carbonyl (C=O) groups excluding carboxylic acids is 1. The van der Waals surface area contributed by atoms with Crippen molar-refractivity contribution in [2.45, 2.75) is 39.0 Å². The molecule has 0 amide bonds. The zero-order valence-corrected chi connectivity index (χ0v) is 23.7. The minimum absolute atomic E-state index is 0.0321. The zero-order valence-electron chi connectivity index (χ0n) is 23.7. The van der Waals surface area contributed by atoms with Crippen LogP contribution < -0.4 is 15.5 Å². The molecule has 2 aliphatic rings. The molecule has 0 bridgehead atoms. The van der Waals surface area contributed by atoms with Crippen LogP contribution in [0.4, 0.5) is 29.0 Å². The predicted octanol–water partition coefficient (Wildman–Crippen LogP) is 5.28. The van der Waals surface area contributed by atoms with E-state index in [-0.39, 0.29) is 11.9 Å². The van der Waals surface area contributed by atoms with Gasteiger partial charge >= 0.3 is 5.97 Å². The van der Waals surface area contributed by atoms with Crippen LogP contribution in [0.25, 0.3) is 11.5 Å². The van der Waals surface area contributed by atoms with Gasteiger partial charge in [-0.25, -0.2) is 19.9 Å². The van der Waals surface area contributed by atoms with Gasteiger partial charge in [-0.3, -0.25) is 4.79 Å². The highest BCUT2D eigenvalue weighted by Crippen LogP contribution is 2.27. The summed E-state index contributed by atoms with van der Waals surface area (Å²) in [5.74, 6) is 2.12. The second kappa shape index (κ2) is 12.9. The average Bonchev–Trinajstić information content (AvgIpc) is 3.02. The summed E-state index contributed by atoms with van der Waals surface area (Å²) in [5, 5.41) is 8.35. The normalized spacial score (nSPS) is 16.2. The Morgan fingerprint density at radius 3 is 2.31 bits per heavy atom. The fourth-order valence-corrected chi connectivity index (χ4v) is 5.26. The number of piperidine rings is 2. The molecule has 1 aromatic carbocycles. The maximum absolute atomic E-state index is 12.6. The first-order valence-corrected chi connectivity index (χ1v) is 14.5. The third kappa shape index (κ3) is 6.98. The zero-order chi connectivity index (χ0) is 28.7. The van der Waals surface area contributed by atoms with Crippen molar-refractivity contribution >= 4 is 34.9 Å². The van der Waals surface area contributed by atoms with Crippen LogP contribution in [-0.2, 0) is 9.63 Å². The number of pyridine rings is 1. The highest BCUT2D eigenvalue weighted by Gasteiger charge is 2.28. The van der Waals surface area contributed by atoms with Crippen molar-refractivity contribution in [1.29, 1.82) is 0 Å². The van der Waals surface area contributed by atoms with E-state index in [4.69, 9.17) is 4.84 Å². The molecule has 0 unspecified atom stereocenters. The Morgan fingerprint density at radius 2 is 1.55 bits per heavy atom. The van der Waals surface area contributed by atoms with Crippen molar-refractivity contribution in [3.8, 4) is 11.5 Å². The molecule has 11 nitrogen and oxygen atoms in total. The molecule has 0 atom stereocenters. The largest absolute Gasteiger partial charge is 0.371 e. The number of benzene rings is 1. The van der Waals surface area contributed by atoms with E-state index in [0.717, 1.165) is 68.9 Å². The topological polar surface area (TPSA) is 121 Å². The van der Waals surface area contributed by atoms with Gasteiger partial charge in [0.1, 0.15) is 17.3 Å². The molecule has 216 valence electrons. The van der Waals surface area contributed by atoms with Crippen molar-refractivity contribution in [2.75, 3.05) is 41.7 Å². The lowest BCUT2D eigenvalue weighted by Gasteiger charge is -2.34. The third-order valence-electron chi connectivity index (χ3n) is 7.54. The van der Waals surface area contributed by atoms with Crippen LogP contribution in [0.3, 0.4) is 0 Å². The van der Waals surface area contributed by atoms with Gasteiger partial charge in [-0.1, -0.05) is 12.5 Å². The first kappa shape index (κ1) is 27.5. The lowest BCUT2D eigenvalue weighted by atomic mass is 9.96. The summed E-state index contributed by atoms with van der Waals surface area (Å²) < 4.78 is 0. The quantitative estimate of drug-likeness (QED) is 0.290. The Bertz CT molecular complexity index is 1500. The summed E-state index contributed by atoms with van der Waals surface area (Å²) in [6, 6.07) is 17.5. The van der Waals surface area contributed by atoms with Gasteiger partial charge in [0.2, 0.25) is 5.95 Å². The highest BCUT2D eigenvalue weighted by molar-refractivity contribution is 5.72. The number of anilines is 5.